The van der Waals surface area contributed by atoms with Crippen LogP contribution in [0.2, 0.25) is 0 Å². The van der Waals surface area contributed by atoms with Gasteiger partial charge in [-0.15, -0.1) is 11.3 Å². The molecule has 0 saturated heterocycles. The number of pyridine rings is 1. The third-order valence-corrected chi connectivity index (χ3v) is 8.45. The number of aryl methyl sites for hydroxylation is 5. The van der Waals surface area contributed by atoms with Gasteiger partial charge in [-0.2, -0.15) is 0 Å². The van der Waals surface area contributed by atoms with Crippen LogP contribution in [0.15, 0.2) is 85.1 Å². The average molecular weight is 530 g/mol. The van der Waals surface area contributed by atoms with Crippen molar-refractivity contribution in [3.63, 3.8) is 0 Å². The summed E-state index contributed by atoms with van der Waals surface area (Å²) in [6.07, 6.45) is 1.69. The lowest BCUT2D eigenvalue weighted by Gasteiger charge is -2.16. The number of hydrogen-bond donors (Lipinski definition) is 0. The highest BCUT2D eigenvalue weighted by molar-refractivity contribution is 7.26. The molecule has 0 unspecified atom stereocenters. The minimum absolute atomic E-state index is 0.00568. The van der Waals surface area contributed by atoms with E-state index in [0.29, 0.717) is 5.56 Å². The molecular weight excluding hydrogens is 494 g/mol. The van der Waals surface area contributed by atoms with E-state index in [1.54, 1.807) is 29.7 Å². The van der Waals surface area contributed by atoms with Gasteiger partial charge in [-0.25, -0.2) is 9.97 Å². The molecule has 0 saturated carbocycles. The number of aromatic nitrogens is 3. The zero-order valence-electron chi connectivity index (χ0n) is 27.8. The standard InChI is InChI=1S/C35H29N3S/c1-20-15-21(2)19-25(18-20)26-13-14-36-35-31(26)27-9-8-10-28(33(27)39-35)34-37-29-11-6-7-12-30(29)38(34)32-23(4)16-22(3)17-24(32)5/h6-19H,1-5H3/i1D3,2D3. The number of rotatable bonds is 3. The first-order valence-corrected chi connectivity index (χ1v) is 13.7. The molecule has 3 nitrogen and oxygen atoms in total. The molecule has 0 atom stereocenters. The van der Waals surface area contributed by atoms with Gasteiger partial charge in [-0.05, 0) is 81.0 Å². The van der Waals surface area contributed by atoms with Crippen molar-refractivity contribution >= 4 is 42.7 Å². The number of nitrogens with zero attached hydrogens (tertiary/aromatic N) is 3. The molecule has 3 heterocycles. The Labute approximate surface area is 240 Å². The molecule has 0 fully saturated rings. The lowest BCUT2D eigenvalue weighted by Crippen LogP contribution is -2.03. The van der Waals surface area contributed by atoms with E-state index in [2.05, 4.69) is 49.6 Å². The van der Waals surface area contributed by atoms with Gasteiger partial charge in [-0.3, -0.25) is 4.57 Å². The molecule has 7 aromatic rings. The number of benzene rings is 4. The summed E-state index contributed by atoms with van der Waals surface area (Å²) in [5.41, 5.74) is 8.73. The van der Waals surface area contributed by atoms with Gasteiger partial charge in [0.15, 0.2) is 0 Å². The smallest absolute Gasteiger partial charge is 0.147 e. The Kier molecular flexibility index (Phi) is 4.12. The summed E-state index contributed by atoms with van der Waals surface area (Å²) in [7, 11) is 0. The van der Waals surface area contributed by atoms with Crippen molar-refractivity contribution in [2.45, 2.75) is 34.5 Å². The van der Waals surface area contributed by atoms with E-state index in [1.165, 1.54) is 11.6 Å². The number of fused-ring (bicyclic) bond motifs is 4. The molecule has 4 aromatic carbocycles. The van der Waals surface area contributed by atoms with Gasteiger partial charge in [0, 0.05) is 35.5 Å². The first kappa shape index (κ1) is 18.1. The predicted molar refractivity (Wildman–Crippen MR) is 166 cm³/mol. The Morgan fingerprint density at radius 1 is 0.769 bits per heavy atom. The SMILES string of the molecule is [2H]C([2H])([2H])c1cc(-c2ccnc3sc4c(-c5nc6ccccc6n5-c5c(C)cc(C)cc5C)cccc4c23)cc(C([2H])([2H])[2H])c1. The average Bonchev–Trinajstić information content (AvgIpc) is 3.54. The molecule has 190 valence electrons. The molecule has 0 aliphatic rings. The summed E-state index contributed by atoms with van der Waals surface area (Å²) in [5.74, 6) is 0.819. The van der Waals surface area contributed by atoms with Gasteiger partial charge in [-0.1, -0.05) is 71.3 Å². The minimum Gasteiger partial charge on any atom is -0.292 e. The van der Waals surface area contributed by atoms with Gasteiger partial charge in [0.05, 0.1) is 16.7 Å². The molecule has 39 heavy (non-hydrogen) atoms. The largest absolute Gasteiger partial charge is 0.292 e. The van der Waals surface area contributed by atoms with Crippen LogP contribution in [-0.2, 0) is 0 Å². The fraction of sp³-hybridized carbons (Fsp3) is 0.143. The molecule has 7 rings (SSSR count). The monoisotopic (exact) mass is 529 g/mol. The second kappa shape index (κ2) is 8.89. The van der Waals surface area contributed by atoms with Crippen LogP contribution in [0.1, 0.15) is 36.0 Å². The van der Waals surface area contributed by atoms with E-state index in [-0.39, 0.29) is 11.1 Å². The summed E-state index contributed by atoms with van der Waals surface area (Å²) in [4.78, 5) is 10.7. The van der Waals surface area contributed by atoms with Crippen LogP contribution in [-0.4, -0.2) is 14.5 Å². The third-order valence-electron chi connectivity index (χ3n) is 7.30. The van der Waals surface area contributed by atoms with E-state index in [1.807, 2.05) is 36.4 Å². The minimum atomic E-state index is -2.46. The second-order valence-electron chi connectivity index (χ2n) is 10.1. The quantitative estimate of drug-likeness (QED) is 0.228. The van der Waals surface area contributed by atoms with Crippen LogP contribution in [0.3, 0.4) is 0 Å². The molecule has 0 bridgehead atoms. The van der Waals surface area contributed by atoms with Crippen molar-refractivity contribution in [1.82, 2.24) is 14.5 Å². The molecule has 0 aliphatic carbocycles. The zero-order valence-corrected chi connectivity index (χ0v) is 22.6. The van der Waals surface area contributed by atoms with Crippen LogP contribution in [0.25, 0.3) is 59.5 Å². The molecule has 0 spiro atoms. The Bertz CT molecular complexity index is 2240. The Morgan fingerprint density at radius 2 is 1.54 bits per heavy atom. The molecule has 0 aliphatic heterocycles. The maximum atomic E-state index is 8.03. The number of para-hydroxylation sites is 2. The highest BCUT2D eigenvalue weighted by atomic mass is 32.1. The first-order chi connectivity index (χ1) is 21.3. The van der Waals surface area contributed by atoms with Crippen LogP contribution < -0.4 is 0 Å². The predicted octanol–water partition coefficient (Wildman–Crippen LogP) is 9.66. The number of imidazole rings is 1. The summed E-state index contributed by atoms with van der Waals surface area (Å²) in [6, 6.07) is 24.9. The lowest BCUT2D eigenvalue weighted by atomic mass is 9.97. The fourth-order valence-corrected chi connectivity index (χ4v) is 7.06. The molecule has 0 radical (unpaired) electrons. The van der Waals surface area contributed by atoms with E-state index < -0.39 is 13.7 Å². The highest BCUT2D eigenvalue weighted by Crippen LogP contribution is 2.44. The highest BCUT2D eigenvalue weighted by Gasteiger charge is 2.21. The van der Waals surface area contributed by atoms with Crippen LogP contribution in [0.5, 0.6) is 0 Å². The summed E-state index contributed by atoms with van der Waals surface area (Å²) >= 11 is 1.55. The summed E-state index contributed by atoms with van der Waals surface area (Å²) < 4.78 is 51.4. The topological polar surface area (TPSA) is 30.7 Å². The third kappa shape index (κ3) is 3.78. The normalized spacial score (nSPS) is 14.6. The number of hydrogen-bond acceptors (Lipinski definition) is 3. The van der Waals surface area contributed by atoms with Gasteiger partial charge in [0.25, 0.3) is 0 Å². The first-order valence-electron chi connectivity index (χ1n) is 15.8. The van der Waals surface area contributed by atoms with Crippen molar-refractivity contribution in [2.75, 3.05) is 0 Å². The van der Waals surface area contributed by atoms with Crippen molar-refractivity contribution in [3.8, 4) is 28.2 Å². The Morgan fingerprint density at radius 3 is 2.31 bits per heavy atom. The van der Waals surface area contributed by atoms with Crippen molar-refractivity contribution in [3.05, 3.63) is 113 Å². The lowest BCUT2D eigenvalue weighted by molar-refractivity contribution is 1.06. The van der Waals surface area contributed by atoms with Crippen molar-refractivity contribution < 1.29 is 8.22 Å². The van der Waals surface area contributed by atoms with E-state index in [4.69, 9.17) is 18.2 Å². The molecule has 0 amide bonds. The van der Waals surface area contributed by atoms with Crippen LogP contribution in [0, 0.1) is 34.5 Å². The van der Waals surface area contributed by atoms with E-state index in [9.17, 15) is 0 Å². The molecule has 4 heteroatoms. The van der Waals surface area contributed by atoms with Crippen LogP contribution in [0.4, 0.5) is 0 Å². The van der Waals surface area contributed by atoms with E-state index in [0.717, 1.165) is 65.1 Å². The second-order valence-corrected chi connectivity index (χ2v) is 11.1. The van der Waals surface area contributed by atoms with Gasteiger partial charge in [0.1, 0.15) is 10.7 Å². The summed E-state index contributed by atoms with van der Waals surface area (Å²) in [5, 5.41) is 1.80. The van der Waals surface area contributed by atoms with Crippen molar-refractivity contribution in [1.29, 1.82) is 0 Å². The fourth-order valence-electron chi connectivity index (χ4n) is 5.88. The zero-order chi connectivity index (χ0) is 31.8. The summed E-state index contributed by atoms with van der Waals surface area (Å²) in [6.45, 7) is 1.44. The van der Waals surface area contributed by atoms with Crippen LogP contribution >= 0.6 is 11.3 Å². The number of thiophene rings is 1. The Hall–Kier alpha value is -4.28. The maximum Gasteiger partial charge on any atom is 0.147 e. The molecular formula is C35H29N3S. The van der Waals surface area contributed by atoms with Gasteiger partial charge in [0.2, 0.25) is 0 Å². The molecule has 0 N–H and O–H groups in total. The van der Waals surface area contributed by atoms with Crippen molar-refractivity contribution in [2.24, 2.45) is 0 Å². The van der Waals surface area contributed by atoms with Gasteiger partial charge < -0.3 is 0 Å². The Balaban J connectivity index is 1.53. The van der Waals surface area contributed by atoms with Gasteiger partial charge >= 0.3 is 0 Å². The maximum absolute atomic E-state index is 8.03. The molecule has 3 aromatic heterocycles. The van der Waals surface area contributed by atoms with E-state index >= 15 is 0 Å².